The van der Waals surface area contributed by atoms with Gasteiger partial charge in [0.2, 0.25) is 6.41 Å². The summed E-state index contributed by atoms with van der Waals surface area (Å²) in [6.45, 7) is 5.82. The summed E-state index contributed by atoms with van der Waals surface area (Å²) in [5.74, 6) is 1.54. The van der Waals surface area contributed by atoms with Gasteiger partial charge in [0.15, 0.2) is 0 Å². The molecular weight excluding hydrogens is 242 g/mol. The molecule has 2 aromatic rings. The molecule has 1 aromatic carbocycles. The second kappa shape index (κ2) is 5.56. The third kappa shape index (κ3) is 2.93. The van der Waals surface area contributed by atoms with Crippen molar-refractivity contribution in [2.75, 3.05) is 5.32 Å². The molecule has 0 atom stereocenters. The minimum atomic E-state index is 0.0336. The Kier molecular flexibility index (Phi) is 3.85. The van der Waals surface area contributed by atoms with Crippen LogP contribution < -0.4 is 10.1 Å². The first kappa shape index (κ1) is 13.1. The summed E-state index contributed by atoms with van der Waals surface area (Å²) in [5.41, 5.74) is 1.60. The second-order valence-electron chi connectivity index (χ2n) is 4.45. The Morgan fingerprint density at radius 2 is 2.21 bits per heavy atom. The molecule has 0 spiro atoms. The van der Waals surface area contributed by atoms with Crippen LogP contribution in [-0.4, -0.2) is 22.1 Å². The summed E-state index contributed by atoms with van der Waals surface area (Å²) < 4.78 is 7.68. The number of nitrogens with one attached hydrogen (secondary N) is 1. The van der Waals surface area contributed by atoms with Crippen LogP contribution in [0.5, 0.6) is 5.75 Å². The molecule has 0 radical (unpaired) electrons. The van der Waals surface area contributed by atoms with Gasteiger partial charge in [-0.1, -0.05) is 0 Å². The predicted molar refractivity (Wildman–Crippen MR) is 73.8 cm³/mol. The average molecular weight is 259 g/mol. The molecule has 0 aliphatic carbocycles. The van der Waals surface area contributed by atoms with Crippen LogP contribution in [0.4, 0.5) is 5.69 Å². The van der Waals surface area contributed by atoms with Crippen LogP contribution in [0.3, 0.4) is 0 Å². The molecule has 0 aliphatic rings. The fourth-order valence-corrected chi connectivity index (χ4v) is 1.85. The number of imidazole rings is 1. The highest BCUT2D eigenvalue weighted by Gasteiger charge is 2.09. The molecule has 5 nitrogen and oxygen atoms in total. The maximum atomic E-state index is 10.6. The van der Waals surface area contributed by atoms with Crippen molar-refractivity contribution in [3.8, 4) is 11.4 Å². The lowest BCUT2D eigenvalue weighted by Gasteiger charge is -2.15. The largest absolute Gasteiger partial charge is 0.489 e. The minimum Gasteiger partial charge on any atom is -0.489 e. The molecule has 100 valence electrons. The van der Waals surface area contributed by atoms with Crippen LogP contribution in [0.1, 0.15) is 19.7 Å². The van der Waals surface area contributed by atoms with Crippen molar-refractivity contribution < 1.29 is 9.53 Å². The zero-order chi connectivity index (χ0) is 13.8. The van der Waals surface area contributed by atoms with Crippen molar-refractivity contribution in [1.82, 2.24) is 9.55 Å². The fourth-order valence-electron chi connectivity index (χ4n) is 1.85. The van der Waals surface area contributed by atoms with Gasteiger partial charge >= 0.3 is 0 Å². The molecule has 1 amide bonds. The van der Waals surface area contributed by atoms with E-state index < -0.39 is 0 Å². The number of aryl methyl sites for hydroxylation is 1. The van der Waals surface area contributed by atoms with Crippen molar-refractivity contribution >= 4 is 12.1 Å². The predicted octanol–water partition coefficient (Wildman–Crippen LogP) is 2.54. The summed E-state index contributed by atoms with van der Waals surface area (Å²) in [6.07, 6.45) is 4.31. The first-order valence-electron chi connectivity index (χ1n) is 6.13. The second-order valence-corrected chi connectivity index (χ2v) is 4.45. The average Bonchev–Trinajstić information content (AvgIpc) is 2.77. The first-order valence-corrected chi connectivity index (χ1v) is 6.13. The Morgan fingerprint density at radius 1 is 1.42 bits per heavy atom. The van der Waals surface area contributed by atoms with E-state index in [2.05, 4.69) is 10.3 Å². The van der Waals surface area contributed by atoms with Crippen molar-refractivity contribution in [2.45, 2.75) is 26.9 Å². The number of hydrogen-bond acceptors (Lipinski definition) is 3. The Labute approximate surface area is 112 Å². The third-order valence-corrected chi connectivity index (χ3v) is 2.65. The first-order chi connectivity index (χ1) is 9.11. The molecule has 0 aliphatic heterocycles. The molecule has 5 heteroatoms. The van der Waals surface area contributed by atoms with Gasteiger partial charge in [-0.2, -0.15) is 0 Å². The van der Waals surface area contributed by atoms with Gasteiger partial charge in [-0.3, -0.25) is 4.79 Å². The molecule has 1 N–H and O–H groups in total. The zero-order valence-electron chi connectivity index (χ0n) is 11.3. The number of nitrogens with zero attached hydrogens (tertiary/aromatic N) is 2. The van der Waals surface area contributed by atoms with E-state index in [9.17, 15) is 4.79 Å². The van der Waals surface area contributed by atoms with Gasteiger partial charge in [0.1, 0.15) is 11.6 Å². The lowest BCUT2D eigenvalue weighted by Crippen LogP contribution is -2.09. The Bertz CT molecular complexity index is 576. The van der Waals surface area contributed by atoms with Crippen molar-refractivity contribution in [3.05, 3.63) is 36.4 Å². The van der Waals surface area contributed by atoms with E-state index in [4.69, 9.17) is 4.74 Å². The van der Waals surface area contributed by atoms with E-state index in [0.29, 0.717) is 17.8 Å². The normalized spacial score (nSPS) is 10.5. The molecule has 0 saturated heterocycles. The summed E-state index contributed by atoms with van der Waals surface area (Å²) in [7, 11) is 0. The lowest BCUT2D eigenvalue weighted by molar-refractivity contribution is -0.105. The van der Waals surface area contributed by atoms with Crippen LogP contribution >= 0.6 is 0 Å². The van der Waals surface area contributed by atoms with E-state index in [0.717, 1.165) is 11.5 Å². The van der Waals surface area contributed by atoms with Crippen molar-refractivity contribution in [2.24, 2.45) is 0 Å². The standard InChI is InChI=1S/C14H17N3O2/c1-10(2)19-14-8-12(4-5-13(14)16-9-18)17-7-6-15-11(17)3/h4-10H,1-3H3,(H,16,18). The summed E-state index contributed by atoms with van der Waals surface area (Å²) in [4.78, 5) is 14.8. The highest BCUT2D eigenvalue weighted by Crippen LogP contribution is 2.28. The number of hydrogen-bond donors (Lipinski definition) is 1. The van der Waals surface area contributed by atoms with Crippen LogP contribution in [0.2, 0.25) is 0 Å². The summed E-state index contributed by atoms with van der Waals surface area (Å²) in [6, 6.07) is 5.62. The van der Waals surface area contributed by atoms with E-state index in [1.54, 1.807) is 6.20 Å². The zero-order valence-corrected chi connectivity index (χ0v) is 11.3. The van der Waals surface area contributed by atoms with E-state index in [1.165, 1.54) is 0 Å². The summed E-state index contributed by atoms with van der Waals surface area (Å²) >= 11 is 0. The summed E-state index contributed by atoms with van der Waals surface area (Å²) in [5, 5.41) is 2.64. The van der Waals surface area contributed by atoms with Gasteiger partial charge in [-0.25, -0.2) is 4.98 Å². The van der Waals surface area contributed by atoms with Gasteiger partial charge in [0, 0.05) is 18.5 Å². The van der Waals surface area contributed by atoms with Gasteiger partial charge in [0.25, 0.3) is 0 Å². The SMILES string of the molecule is Cc1nccn1-c1ccc(NC=O)c(OC(C)C)c1. The van der Waals surface area contributed by atoms with E-state index in [-0.39, 0.29) is 6.10 Å². The Balaban J connectivity index is 2.42. The highest BCUT2D eigenvalue weighted by atomic mass is 16.5. The number of anilines is 1. The van der Waals surface area contributed by atoms with Gasteiger partial charge in [0.05, 0.1) is 17.5 Å². The number of carbonyl (C=O) groups excluding carboxylic acids is 1. The van der Waals surface area contributed by atoms with E-state index >= 15 is 0 Å². The van der Waals surface area contributed by atoms with Crippen molar-refractivity contribution in [3.63, 3.8) is 0 Å². The molecule has 0 bridgehead atoms. The van der Waals surface area contributed by atoms with Crippen LogP contribution in [0.15, 0.2) is 30.6 Å². The highest BCUT2D eigenvalue weighted by molar-refractivity contribution is 5.76. The van der Waals surface area contributed by atoms with Crippen molar-refractivity contribution in [1.29, 1.82) is 0 Å². The number of rotatable bonds is 5. The molecule has 2 rings (SSSR count). The van der Waals surface area contributed by atoms with Gasteiger partial charge in [-0.05, 0) is 32.9 Å². The minimum absolute atomic E-state index is 0.0336. The molecule has 1 heterocycles. The van der Waals surface area contributed by atoms with Crippen LogP contribution in [0.25, 0.3) is 5.69 Å². The third-order valence-electron chi connectivity index (χ3n) is 2.65. The van der Waals surface area contributed by atoms with Gasteiger partial charge < -0.3 is 14.6 Å². The number of amides is 1. The quantitative estimate of drug-likeness (QED) is 0.839. The fraction of sp³-hybridized carbons (Fsp3) is 0.286. The number of benzene rings is 1. The molecule has 19 heavy (non-hydrogen) atoms. The van der Waals surface area contributed by atoms with Crippen LogP contribution in [-0.2, 0) is 4.79 Å². The number of carbonyl (C=O) groups is 1. The topological polar surface area (TPSA) is 56.2 Å². The Morgan fingerprint density at radius 3 is 2.79 bits per heavy atom. The molecule has 0 saturated carbocycles. The maximum Gasteiger partial charge on any atom is 0.211 e. The van der Waals surface area contributed by atoms with Gasteiger partial charge in [-0.15, -0.1) is 0 Å². The van der Waals surface area contributed by atoms with E-state index in [1.807, 2.05) is 49.7 Å². The number of aromatic nitrogens is 2. The number of ether oxygens (including phenoxy) is 1. The van der Waals surface area contributed by atoms with Crippen LogP contribution in [0, 0.1) is 6.92 Å². The molecule has 1 aromatic heterocycles. The monoisotopic (exact) mass is 259 g/mol. The smallest absolute Gasteiger partial charge is 0.211 e. The Hall–Kier alpha value is -2.30. The molecule has 0 fully saturated rings. The maximum absolute atomic E-state index is 10.6. The lowest BCUT2D eigenvalue weighted by atomic mass is 10.2. The molecule has 0 unspecified atom stereocenters. The molecular formula is C14H17N3O2.